The fourth-order valence-electron chi connectivity index (χ4n) is 2.68. The quantitative estimate of drug-likeness (QED) is 0.492. The summed E-state index contributed by atoms with van der Waals surface area (Å²) in [4.78, 5) is 0. The zero-order valence-electron chi connectivity index (χ0n) is 11.6. The molecule has 1 heterocycles. The van der Waals surface area contributed by atoms with Gasteiger partial charge in [0.15, 0.2) is 0 Å². The predicted octanol–water partition coefficient (Wildman–Crippen LogP) is 4.07. The highest BCUT2D eigenvalue weighted by molar-refractivity contribution is 5.27. The van der Waals surface area contributed by atoms with Gasteiger partial charge in [-0.15, -0.1) is 0 Å². The van der Waals surface area contributed by atoms with Gasteiger partial charge in [0.2, 0.25) is 0 Å². The predicted molar refractivity (Wildman–Crippen MR) is 78.2 cm³/mol. The van der Waals surface area contributed by atoms with Crippen LogP contribution in [0.1, 0.15) is 37.7 Å². The van der Waals surface area contributed by atoms with Crippen LogP contribution >= 0.6 is 0 Å². The zero-order valence-corrected chi connectivity index (χ0v) is 11.6. The molecule has 0 radical (unpaired) electrons. The van der Waals surface area contributed by atoms with E-state index in [0.29, 0.717) is 5.41 Å². The van der Waals surface area contributed by atoms with Gasteiger partial charge in [-0.05, 0) is 18.4 Å². The monoisotopic (exact) mass is 260 g/mol. The van der Waals surface area contributed by atoms with E-state index in [4.69, 9.17) is 9.47 Å². The highest BCUT2D eigenvalue weighted by Crippen LogP contribution is 2.37. The van der Waals surface area contributed by atoms with Crippen molar-refractivity contribution in [3.05, 3.63) is 48.7 Å². The molecule has 0 bridgehead atoms. The Labute approximate surface area is 116 Å². The summed E-state index contributed by atoms with van der Waals surface area (Å²) in [6, 6.07) is 10.8. The molecule has 0 atom stereocenters. The van der Waals surface area contributed by atoms with Gasteiger partial charge in [-0.25, -0.2) is 0 Å². The summed E-state index contributed by atoms with van der Waals surface area (Å²) in [6.07, 6.45) is 7.66. The lowest BCUT2D eigenvalue weighted by molar-refractivity contribution is -0.0654. The van der Waals surface area contributed by atoms with Crippen molar-refractivity contribution < 1.29 is 9.47 Å². The Hall–Kier alpha value is -1.28. The van der Waals surface area contributed by atoms with Crippen molar-refractivity contribution in [1.29, 1.82) is 0 Å². The molecule has 1 aromatic carbocycles. The van der Waals surface area contributed by atoms with Gasteiger partial charge < -0.3 is 9.47 Å². The van der Waals surface area contributed by atoms with Crippen molar-refractivity contribution in [2.24, 2.45) is 0 Å². The van der Waals surface area contributed by atoms with Crippen LogP contribution in [0.5, 0.6) is 0 Å². The van der Waals surface area contributed by atoms with Gasteiger partial charge in [0.05, 0.1) is 26.1 Å². The molecular formula is C17H24O2. The molecule has 0 saturated carbocycles. The number of hydrogen-bond acceptors (Lipinski definition) is 2. The Morgan fingerprint density at radius 3 is 2.47 bits per heavy atom. The first-order chi connectivity index (χ1) is 9.37. The highest BCUT2D eigenvalue weighted by atomic mass is 16.5. The van der Waals surface area contributed by atoms with Gasteiger partial charge in [0.25, 0.3) is 0 Å². The molecule has 0 unspecified atom stereocenters. The first-order valence-corrected chi connectivity index (χ1v) is 7.23. The smallest absolute Gasteiger partial charge is 0.0873 e. The second kappa shape index (κ2) is 7.34. The van der Waals surface area contributed by atoms with Crippen molar-refractivity contribution in [3.63, 3.8) is 0 Å². The first-order valence-electron chi connectivity index (χ1n) is 7.23. The molecule has 0 amide bonds. The van der Waals surface area contributed by atoms with Gasteiger partial charge in [-0.1, -0.05) is 56.2 Å². The van der Waals surface area contributed by atoms with Gasteiger partial charge in [0, 0.05) is 5.41 Å². The van der Waals surface area contributed by atoms with E-state index in [9.17, 15) is 0 Å². The van der Waals surface area contributed by atoms with Crippen LogP contribution in [0.2, 0.25) is 0 Å². The molecule has 1 aliphatic heterocycles. The van der Waals surface area contributed by atoms with E-state index in [-0.39, 0.29) is 0 Å². The van der Waals surface area contributed by atoms with Crippen molar-refractivity contribution in [1.82, 2.24) is 0 Å². The average molecular weight is 260 g/mol. The average Bonchev–Trinajstić information content (AvgIpc) is 2.41. The van der Waals surface area contributed by atoms with E-state index in [1.165, 1.54) is 37.5 Å². The molecule has 1 aromatic rings. The van der Waals surface area contributed by atoms with E-state index < -0.39 is 0 Å². The number of unbranched alkanes of at least 4 members (excludes halogenated alkanes) is 3. The van der Waals surface area contributed by atoms with Crippen molar-refractivity contribution in [2.45, 2.75) is 37.5 Å². The second-order valence-corrected chi connectivity index (χ2v) is 5.34. The third-order valence-corrected chi connectivity index (χ3v) is 3.93. The van der Waals surface area contributed by atoms with Crippen LogP contribution in [0.4, 0.5) is 0 Å². The lowest BCUT2D eigenvalue weighted by atomic mass is 9.74. The second-order valence-electron chi connectivity index (χ2n) is 5.34. The molecule has 0 aliphatic carbocycles. The summed E-state index contributed by atoms with van der Waals surface area (Å²) in [6.45, 7) is 6.12. The first kappa shape index (κ1) is 14.1. The molecule has 0 N–H and O–H groups in total. The van der Waals surface area contributed by atoms with Crippen LogP contribution in [-0.4, -0.2) is 19.8 Å². The summed E-state index contributed by atoms with van der Waals surface area (Å²) in [5, 5.41) is 0. The third kappa shape index (κ3) is 3.84. The van der Waals surface area contributed by atoms with Crippen LogP contribution < -0.4 is 0 Å². The Morgan fingerprint density at radius 2 is 1.84 bits per heavy atom. The molecular weight excluding hydrogens is 236 g/mol. The van der Waals surface area contributed by atoms with Crippen LogP contribution in [0, 0.1) is 0 Å². The lowest BCUT2D eigenvalue weighted by Crippen LogP contribution is -2.46. The fourth-order valence-corrected chi connectivity index (χ4v) is 2.68. The summed E-state index contributed by atoms with van der Waals surface area (Å²) >= 11 is 0. The molecule has 104 valence electrons. The maximum atomic E-state index is 5.47. The molecule has 2 heteroatoms. The van der Waals surface area contributed by atoms with E-state index in [1.807, 2.05) is 0 Å². The minimum Gasteiger partial charge on any atom is -0.502 e. The highest BCUT2D eigenvalue weighted by Gasteiger charge is 2.39. The van der Waals surface area contributed by atoms with Crippen LogP contribution in [0.3, 0.4) is 0 Å². The SMILES string of the molecule is C=COCCCCCCC1(c2ccccc2)COC1. The Morgan fingerprint density at radius 1 is 1.11 bits per heavy atom. The maximum absolute atomic E-state index is 5.47. The molecule has 2 nitrogen and oxygen atoms in total. The molecule has 1 saturated heterocycles. The van der Waals surface area contributed by atoms with Crippen LogP contribution in [-0.2, 0) is 14.9 Å². The normalized spacial score (nSPS) is 16.6. The topological polar surface area (TPSA) is 18.5 Å². The van der Waals surface area contributed by atoms with E-state index in [1.54, 1.807) is 0 Å². The van der Waals surface area contributed by atoms with E-state index in [2.05, 4.69) is 36.9 Å². The fraction of sp³-hybridized carbons (Fsp3) is 0.529. The standard InChI is InChI=1S/C17H24O2/c1-2-18-13-9-4-3-8-12-17(14-19-15-17)16-10-6-5-7-11-16/h2,5-7,10-11H,1,3-4,8-9,12-15H2. The van der Waals surface area contributed by atoms with E-state index in [0.717, 1.165) is 26.2 Å². The minimum absolute atomic E-state index is 0.291. The minimum atomic E-state index is 0.291. The van der Waals surface area contributed by atoms with Crippen LogP contribution in [0.15, 0.2) is 43.2 Å². The molecule has 0 aromatic heterocycles. The molecule has 19 heavy (non-hydrogen) atoms. The molecule has 2 rings (SSSR count). The van der Waals surface area contributed by atoms with Crippen molar-refractivity contribution >= 4 is 0 Å². The summed E-state index contributed by atoms with van der Waals surface area (Å²) in [5.74, 6) is 0. The lowest BCUT2D eigenvalue weighted by Gasteiger charge is -2.42. The van der Waals surface area contributed by atoms with Crippen molar-refractivity contribution in [3.8, 4) is 0 Å². The summed E-state index contributed by atoms with van der Waals surface area (Å²) in [5.41, 5.74) is 1.73. The number of ether oxygens (including phenoxy) is 2. The van der Waals surface area contributed by atoms with Gasteiger partial charge >= 0.3 is 0 Å². The van der Waals surface area contributed by atoms with Gasteiger partial charge in [-0.3, -0.25) is 0 Å². The number of hydrogen-bond donors (Lipinski definition) is 0. The Bertz CT molecular complexity index is 368. The molecule has 0 spiro atoms. The largest absolute Gasteiger partial charge is 0.502 e. The van der Waals surface area contributed by atoms with Crippen molar-refractivity contribution in [2.75, 3.05) is 19.8 Å². The molecule has 1 aliphatic rings. The Balaban J connectivity index is 1.70. The summed E-state index contributed by atoms with van der Waals surface area (Å²) < 4.78 is 10.6. The van der Waals surface area contributed by atoms with E-state index >= 15 is 0 Å². The summed E-state index contributed by atoms with van der Waals surface area (Å²) in [7, 11) is 0. The van der Waals surface area contributed by atoms with Gasteiger partial charge in [-0.2, -0.15) is 0 Å². The number of benzene rings is 1. The molecule has 1 fully saturated rings. The number of rotatable bonds is 9. The van der Waals surface area contributed by atoms with Crippen LogP contribution in [0.25, 0.3) is 0 Å². The van der Waals surface area contributed by atoms with Gasteiger partial charge in [0.1, 0.15) is 0 Å². The Kier molecular flexibility index (Phi) is 5.46. The third-order valence-electron chi connectivity index (χ3n) is 3.93. The zero-order chi connectivity index (χ0) is 13.4. The maximum Gasteiger partial charge on any atom is 0.0873 e.